The van der Waals surface area contributed by atoms with E-state index in [9.17, 15) is 0 Å². The van der Waals surface area contributed by atoms with Gasteiger partial charge in [-0.1, -0.05) is 101 Å². The summed E-state index contributed by atoms with van der Waals surface area (Å²) in [5, 5.41) is 2.40. The zero-order valence-electron chi connectivity index (χ0n) is 20.3. The van der Waals surface area contributed by atoms with Gasteiger partial charge in [0.2, 0.25) is 0 Å². The van der Waals surface area contributed by atoms with E-state index < -0.39 is 0 Å². The number of hydrogen-bond donors (Lipinski definition) is 0. The Balaban J connectivity index is 1.41. The summed E-state index contributed by atoms with van der Waals surface area (Å²) in [4.78, 5) is 12.7. The lowest BCUT2D eigenvalue weighted by Gasteiger charge is -2.10. The van der Waals surface area contributed by atoms with Crippen molar-refractivity contribution in [3.05, 3.63) is 132 Å². The zero-order chi connectivity index (χ0) is 25.5. The van der Waals surface area contributed by atoms with Gasteiger partial charge in [0, 0.05) is 26.5 Å². The Labute approximate surface area is 228 Å². The van der Waals surface area contributed by atoms with Crippen LogP contribution in [0.25, 0.3) is 61.1 Å². The molecule has 5 aromatic carbocycles. The third kappa shape index (κ3) is 3.88. The fraction of sp³-hybridized carbons (Fsp3) is 0. The van der Waals surface area contributed by atoms with Crippen LogP contribution in [0.1, 0.15) is 0 Å². The third-order valence-corrected chi connectivity index (χ3v) is 7.63. The predicted molar refractivity (Wildman–Crippen MR) is 158 cm³/mol. The summed E-state index contributed by atoms with van der Waals surface area (Å²) in [6, 6.07) is 40.7. The Morgan fingerprint density at radius 1 is 0.526 bits per heavy atom. The smallest absolute Gasteiger partial charge is 0.162 e. The van der Waals surface area contributed by atoms with Crippen LogP contribution >= 0.6 is 15.9 Å². The number of rotatable bonds is 4. The van der Waals surface area contributed by atoms with Crippen LogP contribution in [-0.2, 0) is 0 Å². The van der Waals surface area contributed by atoms with Crippen molar-refractivity contribution in [3.8, 4) is 39.3 Å². The Bertz CT molecular complexity index is 1910. The molecule has 0 unspecified atom stereocenters. The first kappa shape index (κ1) is 22.6. The van der Waals surface area contributed by atoms with Crippen molar-refractivity contribution in [2.24, 2.45) is 0 Å². The maximum Gasteiger partial charge on any atom is 0.162 e. The maximum atomic E-state index is 4.37. The second kappa shape index (κ2) is 9.36. The highest BCUT2D eigenvalue weighted by molar-refractivity contribution is 9.10. The molecule has 0 aliphatic heterocycles. The number of fused-ring (bicyclic) bond motifs is 3. The summed E-state index contributed by atoms with van der Waals surface area (Å²) in [6.07, 6.45) is 3.07. The molecule has 0 fully saturated rings. The lowest BCUT2D eigenvalue weighted by Crippen LogP contribution is -1.94. The van der Waals surface area contributed by atoms with Gasteiger partial charge in [0.05, 0.1) is 11.0 Å². The first-order chi connectivity index (χ1) is 18.8. The fourth-order valence-electron chi connectivity index (χ4n) is 5.12. The van der Waals surface area contributed by atoms with Gasteiger partial charge >= 0.3 is 0 Å². The number of aromatic nitrogens is 4. The van der Waals surface area contributed by atoms with Crippen LogP contribution < -0.4 is 0 Å². The quantitative estimate of drug-likeness (QED) is 0.219. The lowest BCUT2D eigenvalue weighted by atomic mass is 9.99. The van der Waals surface area contributed by atoms with Crippen LogP contribution in [0.15, 0.2) is 132 Å². The Hall–Kier alpha value is -4.61. The van der Waals surface area contributed by atoms with E-state index in [1.54, 1.807) is 0 Å². The number of hydrogen-bond acceptors (Lipinski definition) is 3. The van der Waals surface area contributed by atoms with Crippen molar-refractivity contribution in [3.63, 3.8) is 0 Å². The fourth-order valence-corrected chi connectivity index (χ4v) is 5.63. The van der Waals surface area contributed by atoms with Gasteiger partial charge in [-0.25, -0.2) is 15.0 Å². The highest BCUT2D eigenvalue weighted by Gasteiger charge is 2.15. The number of benzene rings is 5. The molecule has 38 heavy (non-hydrogen) atoms. The molecular weight excluding hydrogens is 532 g/mol. The molecule has 2 heterocycles. The second-order valence-electron chi connectivity index (χ2n) is 9.15. The van der Waals surface area contributed by atoms with Crippen molar-refractivity contribution in [2.45, 2.75) is 0 Å². The van der Waals surface area contributed by atoms with E-state index >= 15 is 0 Å². The summed E-state index contributed by atoms with van der Waals surface area (Å²) in [7, 11) is 0. The van der Waals surface area contributed by atoms with E-state index in [-0.39, 0.29) is 0 Å². The van der Waals surface area contributed by atoms with Gasteiger partial charge in [0.25, 0.3) is 0 Å². The van der Waals surface area contributed by atoms with Crippen molar-refractivity contribution in [1.82, 2.24) is 19.5 Å². The van der Waals surface area contributed by atoms with Crippen LogP contribution in [0.5, 0.6) is 0 Å². The summed E-state index contributed by atoms with van der Waals surface area (Å²) >= 11 is 3.68. The summed E-state index contributed by atoms with van der Waals surface area (Å²) in [5.74, 6) is 0.664. The molecule has 0 bridgehead atoms. The molecule has 5 heteroatoms. The van der Waals surface area contributed by atoms with Crippen molar-refractivity contribution in [1.29, 1.82) is 0 Å². The van der Waals surface area contributed by atoms with Crippen LogP contribution in [0.4, 0.5) is 0 Å². The minimum Gasteiger partial charge on any atom is -0.309 e. The van der Waals surface area contributed by atoms with Crippen molar-refractivity contribution in [2.75, 3.05) is 0 Å². The number of para-hydroxylation sites is 1. The van der Waals surface area contributed by atoms with Gasteiger partial charge in [0.15, 0.2) is 5.82 Å². The molecule has 0 spiro atoms. The van der Waals surface area contributed by atoms with Crippen LogP contribution in [0.2, 0.25) is 0 Å². The Morgan fingerprint density at radius 2 is 1.11 bits per heavy atom. The molecule has 0 radical (unpaired) electrons. The molecule has 7 aromatic rings. The van der Waals surface area contributed by atoms with E-state index in [2.05, 4.69) is 139 Å². The summed E-state index contributed by atoms with van der Waals surface area (Å²) < 4.78 is 3.42. The molecule has 0 aliphatic rings. The second-order valence-corrected chi connectivity index (χ2v) is 10.0. The Morgan fingerprint density at radius 3 is 1.82 bits per heavy atom. The van der Waals surface area contributed by atoms with Gasteiger partial charge in [-0.3, -0.25) is 0 Å². The van der Waals surface area contributed by atoms with Crippen LogP contribution in [-0.4, -0.2) is 19.5 Å². The molecule has 2 aromatic heterocycles. The number of nitrogens with zero attached hydrogens (tertiary/aromatic N) is 4. The third-order valence-electron chi connectivity index (χ3n) is 6.94. The van der Waals surface area contributed by atoms with E-state index in [1.807, 2.05) is 12.1 Å². The molecule has 0 saturated carbocycles. The molecule has 4 nitrogen and oxygen atoms in total. The minimum atomic E-state index is 0.664. The average Bonchev–Trinajstić information content (AvgIpc) is 3.31. The van der Waals surface area contributed by atoms with Crippen molar-refractivity contribution < 1.29 is 0 Å². The highest BCUT2D eigenvalue weighted by Crippen LogP contribution is 2.37. The minimum absolute atomic E-state index is 0.664. The topological polar surface area (TPSA) is 43.6 Å². The van der Waals surface area contributed by atoms with E-state index in [0.717, 1.165) is 26.8 Å². The van der Waals surface area contributed by atoms with Crippen LogP contribution in [0, 0.1) is 0 Å². The van der Waals surface area contributed by atoms with E-state index in [4.69, 9.17) is 0 Å². The van der Waals surface area contributed by atoms with Crippen molar-refractivity contribution >= 4 is 37.7 Å². The molecule has 7 rings (SSSR count). The van der Waals surface area contributed by atoms with Gasteiger partial charge in [-0.05, 0) is 52.6 Å². The molecule has 0 N–H and O–H groups in total. The van der Waals surface area contributed by atoms with E-state index in [1.165, 1.54) is 45.7 Å². The monoisotopic (exact) mass is 552 g/mol. The summed E-state index contributed by atoms with van der Waals surface area (Å²) in [5.41, 5.74) is 9.08. The van der Waals surface area contributed by atoms with E-state index in [0.29, 0.717) is 5.82 Å². The molecule has 180 valence electrons. The summed E-state index contributed by atoms with van der Waals surface area (Å²) in [6.45, 7) is 0. The first-order valence-electron chi connectivity index (χ1n) is 12.4. The average molecular weight is 553 g/mol. The SMILES string of the molecule is Brc1ccccc1-c1ccc(-c2ccc3c4ccc(-c5ncncn5)cc4n(-c4ccccc4)c3c2)cc1. The number of halogens is 1. The molecule has 0 atom stereocenters. The van der Waals surface area contributed by atoms with Crippen LogP contribution in [0.3, 0.4) is 0 Å². The largest absolute Gasteiger partial charge is 0.309 e. The predicted octanol–water partition coefficient (Wildman–Crippen LogP) is 8.73. The molecule has 0 saturated heterocycles. The van der Waals surface area contributed by atoms with Gasteiger partial charge in [-0.2, -0.15) is 0 Å². The normalized spacial score (nSPS) is 11.3. The standard InChI is InChI=1S/C33H21BrN4/c34-30-9-5-4-8-27(30)23-12-10-22(11-13-23)24-14-16-28-29-17-15-25(33-36-20-35-21-37-33)19-32(29)38(31(28)18-24)26-6-2-1-3-7-26/h1-21H. The molecule has 0 amide bonds. The highest BCUT2D eigenvalue weighted by atomic mass is 79.9. The Kier molecular flexibility index (Phi) is 5.56. The van der Waals surface area contributed by atoms with Gasteiger partial charge < -0.3 is 4.57 Å². The first-order valence-corrected chi connectivity index (χ1v) is 13.2. The molecule has 0 aliphatic carbocycles. The lowest BCUT2D eigenvalue weighted by molar-refractivity contribution is 1.06. The molecular formula is C33H21BrN4. The van der Waals surface area contributed by atoms with Gasteiger partial charge in [-0.15, -0.1) is 0 Å². The van der Waals surface area contributed by atoms with Gasteiger partial charge in [0.1, 0.15) is 12.7 Å². The maximum absolute atomic E-state index is 4.37. The zero-order valence-corrected chi connectivity index (χ0v) is 21.9.